The molecule has 3 aromatic rings. The zero-order valence-electron chi connectivity index (χ0n) is 12.4. The van der Waals surface area contributed by atoms with E-state index in [0.717, 1.165) is 15.7 Å². The minimum atomic E-state index is -0.588. The number of furan rings is 1. The fourth-order valence-electron chi connectivity index (χ4n) is 2.01. The normalized spacial score (nSPS) is 12.2. The van der Waals surface area contributed by atoms with Gasteiger partial charge in [-0.15, -0.1) is 11.3 Å². The van der Waals surface area contributed by atoms with Crippen LogP contribution in [0.4, 0.5) is 5.88 Å². The number of rotatable bonds is 4. The van der Waals surface area contributed by atoms with Crippen molar-refractivity contribution in [3.05, 3.63) is 66.9 Å². The number of aromatic nitrogens is 1. The summed E-state index contributed by atoms with van der Waals surface area (Å²) in [5, 5.41) is 17.0. The van der Waals surface area contributed by atoms with Gasteiger partial charge in [0.05, 0.1) is 18.0 Å². The first-order valence-electron chi connectivity index (χ1n) is 6.76. The lowest BCUT2D eigenvalue weighted by Crippen LogP contribution is -2.11. The number of nitro groups is 1. The summed E-state index contributed by atoms with van der Waals surface area (Å²) in [6.07, 6.45) is 1.43. The Morgan fingerprint density at radius 3 is 2.67 bits per heavy atom. The van der Waals surface area contributed by atoms with Crippen molar-refractivity contribution in [3.63, 3.8) is 0 Å². The number of benzene rings is 1. The number of halogens is 1. The highest BCUT2D eigenvalue weighted by molar-refractivity contribution is 9.10. The average molecular weight is 407 g/mol. The van der Waals surface area contributed by atoms with Crippen LogP contribution in [-0.4, -0.2) is 22.9 Å². The topological polar surface area (TPSA) is 85.9 Å². The molecular formula is C15H11BrN4O3S. The number of nitrogens with zero attached hydrogens (tertiary/aromatic N) is 4. The maximum Gasteiger partial charge on any atom is 0.433 e. The number of hydrogen-bond donors (Lipinski definition) is 0. The predicted molar refractivity (Wildman–Crippen MR) is 95.3 cm³/mol. The van der Waals surface area contributed by atoms with Gasteiger partial charge in [0.15, 0.2) is 5.76 Å². The van der Waals surface area contributed by atoms with Crippen LogP contribution < -0.4 is 4.80 Å². The Hall–Kier alpha value is -2.52. The smallest absolute Gasteiger partial charge is 0.400 e. The van der Waals surface area contributed by atoms with Gasteiger partial charge in [0.25, 0.3) is 0 Å². The Bertz CT molecular complexity index is 969. The molecule has 2 aromatic heterocycles. The summed E-state index contributed by atoms with van der Waals surface area (Å²) in [5.74, 6) is -0.0236. The molecule has 0 saturated carbocycles. The summed E-state index contributed by atoms with van der Waals surface area (Å²) < 4.78 is 7.74. The Balaban J connectivity index is 2.00. The second-order valence-electron chi connectivity index (χ2n) is 4.62. The van der Waals surface area contributed by atoms with Gasteiger partial charge in [-0.2, -0.15) is 5.10 Å². The van der Waals surface area contributed by atoms with E-state index in [1.807, 2.05) is 29.6 Å². The molecule has 0 bridgehead atoms. The molecular weight excluding hydrogens is 396 g/mol. The van der Waals surface area contributed by atoms with Crippen LogP contribution in [0.2, 0.25) is 0 Å². The van der Waals surface area contributed by atoms with Gasteiger partial charge in [-0.1, -0.05) is 28.1 Å². The van der Waals surface area contributed by atoms with E-state index in [1.165, 1.54) is 29.7 Å². The maximum absolute atomic E-state index is 10.7. The zero-order chi connectivity index (χ0) is 17.1. The first-order valence-corrected chi connectivity index (χ1v) is 8.43. The SMILES string of the molecule is CN=c1scc(-c2ccc(Br)cc2)n1N=Cc1ccc([N+](=O)[O-])o1. The maximum atomic E-state index is 10.7. The van der Waals surface area contributed by atoms with E-state index < -0.39 is 4.92 Å². The van der Waals surface area contributed by atoms with E-state index in [9.17, 15) is 10.1 Å². The minimum absolute atomic E-state index is 0.296. The number of thiazole rings is 1. The predicted octanol–water partition coefficient (Wildman–Crippen LogP) is 3.89. The van der Waals surface area contributed by atoms with Crippen LogP contribution in [0, 0.1) is 10.1 Å². The summed E-state index contributed by atoms with van der Waals surface area (Å²) in [7, 11) is 1.68. The molecule has 7 nitrogen and oxygen atoms in total. The Morgan fingerprint density at radius 1 is 1.29 bits per heavy atom. The average Bonchev–Trinajstić information content (AvgIpc) is 3.20. The van der Waals surface area contributed by atoms with Crippen LogP contribution in [0.3, 0.4) is 0 Å². The number of hydrogen-bond acceptors (Lipinski definition) is 6. The standard InChI is InChI=1S/C15H11BrN4O3S/c1-17-15-19(18-8-12-6-7-14(23-12)20(21)22)13(9-24-15)10-2-4-11(16)5-3-10/h2-9H,1H3. The van der Waals surface area contributed by atoms with Crippen LogP contribution in [0.5, 0.6) is 0 Å². The molecule has 24 heavy (non-hydrogen) atoms. The van der Waals surface area contributed by atoms with Crippen molar-refractivity contribution in [2.75, 3.05) is 7.05 Å². The van der Waals surface area contributed by atoms with E-state index in [-0.39, 0.29) is 5.88 Å². The molecule has 0 atom stereocenters. The molecule has 0 aliphatic heterocycles. The molecule has 0 aliphatic rings. The molecule has 0 N–H and O–H groups in total. The van der Waals surface area contributed by atoms with Crippen molar-refractivity contribution in [1.82, 2.24) is 4.68 Å². The summed E-state index contributed by atoms with van der Waals surface area (Å²) in [6, 6.07) is 10.6. The van der Waals surface area contributed by atoms with Gasteiger partial charge in [0.2, 0.25) is 4.80 Å². The Labute approximate surface area is 148 Å². The van der Waals surface area contributed by atoms with E-state index in [2.05, 4.69) is 26.0 Å². The molecule has 1 aromatic carbocycles. The monoisotopic (exact) mass is 406 g/mol. The molecule has 0 fully saturated rings. The molecule has 122 valence electrons. The van der Waals surface area contributed by atoms with E-state index in [0.29, 0.717) is 10.6 Å². The summed E-state index contributed by atoms with van der Waals surface area (Å²) in [4.78, 5) is 15.0. The third-order valence-corrected chi connectivity index (χ3v) is 4.55. The van der Waals surface area contributed by atoms with Gasteiger partial charge in [-0.05, 0) is 18.2 Å². The second kappa shape index (κ2) is 6.93. The van der Waals surface area contributed by atoms with Crippen LogP contribution >= 0.6 is 27.3 Å². The first kappa shape index (κ1) is 16.3. The van der Waals surface area contributed by atoms with Crippen LogP contribution in [0.25, 0.3) is 11.3 Å². The van der Waals surface area contributed by atoms with Gasteiger partial charge in [-0.3, -0.25) is 15.1 Å². The second-order valence-corrected chi connectivity index (χ2v) is 6.38. The summed E-state index contributed by atoms with van der Waals surface area (Å²) in [5.41, 5.74) is 1.84. The molecule has 9 heteroatoms. The molecule has 2 heterocycles. The summed E-state index contributed by atoms with van der Waals surface area (Å²) >= 11 is 4.86. The minimum Gasteiger partial charge on any atom is -0.400 e. The van der Waals surface area contributed by atoms with Gasteiger partial charge in [0, 0.05) is 22.5 Å². The Kier molecular flexibility index (Phi) is 4.72. The van der Waals surface area contributed by atoms with E-state index in [4.69, 9.17) is 4.42 Å². The molecule has 0 radical (unpaired) electrons. The van der Waals surface area contributed by atoms with Gasteiger partial charge in [0.1, 0.15) is 4.92 Å². The molecule has 0 aliphatic carbocycles. The first-order chi connectivity index (χ1) is 11.6. The zero-order valence-corrected chi connectivity index (χ0v) is 14.8. The highest BCUT2D eigenvalue weighted by Gasteiger charge is 2.11. The highest BCUT2D eigenvalue weighted by atomic mass is 79.9. The van der Waals surface area contributed by atoms with Gasteiger partial charge < -0.3 is 4.42 Å². The van der Waals surface area contributed by atoms with Crippen molar-refractivity contribution in [1.29, 1.82) is 0 Å². The quantitative estimate of drug-likeness (QED) is 0.374. The fraction of sp³-hybridized carbons (Fsp3) is 0.0667. The van der Waals surface area contributed by atoms with E-state index in [1.54, 1.807) is 11.7 Å². The van der Waals surface area contributed by atoms with Crippen molar-refractivity contribution in [2.45, 2.75) is 0 Å². The third kappa shape index (κ3) is 3.36. The van der Waals surface area contributed by atoms with Crippen LogP contribution in [-0.2, 0) is 0 Å². The molecule has 0 saturated heterocycles. The molecule has 0 amide bonds. The van der Waals surface area contributed by atoms with Crippen molar-refractivity contribution >= 4 is 39.4 Å². The molecule has 0 unspecified atom stereocenters. The van der Waals surface area contributed by atoms with E-state index >= 15 is 0 Å². The summed E-state index contributed by atoms with van der Waals surface area (Å²) in [6.45, 7) is 0. The lowest BCUT2D eigenvalue weighted by atomic mass is 10.2. The third-order valence-electron chi connectivity index (χ3n) is 3.11. The van der Waals surface area contributed by atoms with Crippen molar-refractivity contribution in [3.8, 4) is 11.3 Å². The van der Waals surface area contributed by atoms with Gasteiger partial charge >= 0.3 is 5.88 Å². The van der Waals surface area contributed by atoms with Gasteiger partial charge in [-0.25, -0.2) is 4.68 Å². The van der Waals surface area contributed by atoms with Crippen molar-refractivity contribution < 1.29 is 9.34 Å². The highest BCUT2D eigenvalue weighted by Crippen LogP contribution is 2.22. The van der Waals surface area contributed by atoms with Crippen LogP contribution in [0.1, 0.15) is 5.76 Å². The molecule has 0 spiro atoms. The molecule has 3 rings (SSSR count). The van der Waals surface area contributed by atoms with Crippen molar-refractivity contribution in [2.24, 2.45) is 10.1 Å². The Morgan fingerprint density at radius 2 is 2.04 bits per heavy atom. The lowest BCUT2D eigenvalue weighted by molar-refractivity contribution is -0.402. The fourth-order valence-corrected chi connectivity index (χ4v) is 3.07. The largest absolute Gasteiger partial charge is 0.433 e. The lowest BCUT2D eigenvalue weighted by Gasteiger charge is -2.03. The van der Waals surface area contributed by atoms with Crippen LogP contribution in [0.15, 0.2) is 60.8 Å².